The molecule has 2 aromatic carbocycles. The van der Waals surface area contributed by atoms with E-state index in [1.807, 2.05) is 0 Å². The zero-order valence-corrected chi connectivity index (χ0v) is 19.9. The van der Waals surface area contributed by atoms with Crippen LogP contribution in [0.3, 0.4) is 0 Å². The molecule has 2 unspecified atom stereocenters. The first kappa shape index (κ1) is 22.5. The summed E-state index contributed by atoms with van der Waals surface area (Å²) in [7, 11) is 1.44. The molecule has 1 aliphatic heterocycles. The maximum absolute atomic E-state index is 16.2. The summed E-state index contributed by atoms with van der Waals surface area (Å²) < 4.78 is 36.0. The highest BCUT2D eigenvalue weighted by atomic mass is 19.1. The van der Waals surface area contributed by atoms with Crippen LogP contribution in [0.15, 0.2) is 30.5 Å². The predicted octanol–water partition coefficient (Wildman–Crippen LogP) is 5.30. The molecule has 6 nitrogen and oxygen atoms in total. The van der Waals surface area contributed by atoms with Gasteiger partial charge in [-0.1, -0.05) is 18.9 Å². The maximum atomic E-state index is 16.2. The van der Waals surface area contributed by atoms with Gasteiger partial charge in [-0.05, 0) is 54.2 Å². The van der Waals surface area contributed by atoms with E-state index in [0.717, 1.165) is 19.0 Å². The molecular weight excluding hydrogens is 462 g/mol. The zero-order valence-electron chi connectivity index (χ0n) is 19.9. The number of phenols is 1. The third kappa shape index (κ3) is 3.41. The van der Waals surface area contributed by atoms with Crippen molar-refractivity contribution in [2.24, 2.45) is 17.8 Å². The standard InChI is InChI=1S/C28H24F2N4O2/c1-4-19-22(29)6-5-15-9-18(35)10-20(23(15)19)25-24(30)26-21(11-31-25)27(33-28(32-26)36-3)34-12-16-7-14(2)8-17(16)13-34/h1,5-6,9-11,14,16-17,35H,7-8,12-13H2,2-3H3. The van der Waals surface area contributed by atoms with Gasteiger partial charge in [-0.25, -0.2) is 8.78 Å². The lowest BCUT2D eigenvalue weighted by Crippen LogP contribution is -2.23. The van der Waals surface area contributed by atoms with Crippen molar-refractivity contribution in [3.8, 4) is 35.4 Å². The number of aromatic nitrogens is 3. The Morgan fingerprint density at radius 3 is 2.58 bits per heavy atom. The van der Waals surface area contributed by atoms with Crippen LogP contribution in [0.2, 0.25) is 0 Å². The summed E-state index contributed by atoms with van der Waals surface area (Å²) in [5.41, 5.74) is 0.106. The fourth-order valence-corrected chi connectivity index (χ4v) is 6.07. The maximum Gasteiger partial charge on any atom is 0.318 e. The molecule has 1 N–H and O–H groups in total. The Bertz CT molecular complexity index is 1570. The van der Waals surface area contributed by atoms with Crippen LogP contribution < -0.4 is 9.64 Å². The number of benzene rings is 2. The first-order chi connectivity index (χ1) is 17.4. The summed E-state index contributed by atoms with van der Waals surface area (Å²) in [5, 5.41) is 11.6. The van der Waals surface area contributed by atoms with Gasteiger partial charge in [0, 0.05) is 30.2 Å². The molecular formula is C28H24F2N4O2. The minimum absolute atomic E-state index is 0.0254. The lowest BCUT2D eigenvalue weighted by atomic mass is 9.96. The molecule has 1 saturated heterocycles. The summed E-state index contributed by atoms with van der Waals surface area (Å²) in [4.78, 5) is 15.5. The summed E-state index contributed by atoms with van der Waals surface area (Å²) in [6.45, 7) is 3.97. The van der Waals surface area contributed by atoms with Gasteiger partial charge in [0.2, 0.25) is 0 Å². The molecule has 3 heterocycles. The van der Waals surface area contributed by atoms with Gasteiger partial charge >= 0.3 is 6.01 Å². The molecule has 2 atom stereocenters. The van der Waals surface area contributed by atoms with Crippen LogP contribution in [0, 0.1) is 41.7 Å². The van der Waals surface area contributed by atoms with E-state index in [1.54, 1.807) is 0 Å². The van der Waals surface area contributed by atoms with Crippen molar-refractivity contribution in [3.63, 3.8) is 0 Å². The molecule has 2 fully saturated rings. The summed E-state index contributed by atoms with van der Waals surface area (Å²) in [6, 6.07) is 5.55. The zero-order chi connectivity index (χ0) is 25.1. The van der Waals surface area contributed by atoms with Crippen molar-refractivity contribution in [1.29, 1.82) is 0 Å². The van der Waals surface area contributed by atoms with Crippen LogP contribution in [0.4, 0.5) is 14.6 Å². The van der Waals surface area contributed by atoms with Crippen LogP contribution >= 0.6 is 0 Å². The van der Waals surface area contributed by atoms with Gasteiger partial charge in [0.1, 0.15) is 28.6 Å². The minimum atomic E-state index is -0.721. The number of hydrogen-bond donors (Lipinski definition) is 1. The van der Waals surface area contributed by atoms with Crippen LogP contribution in [-0.2, 0) is 0 Å². The number of ether oxygens (including phenoxy) is 1. The largest absolute Gasteiger partial charge is 0.508 e. The SMILES string of the molecule is C#Cc1c(F)ccc2cc(O)cc(-c3ncc4c(N5CC6CC(C)CC6C5)nc(OC)nc4c3F)c12. The van der Waals surface area contributed by atoms with Crippen molar-refractivity contribution in [1.82, 2.24) is 15.0 Å². The van der Waals surface area contributed by atoms with E-state index in [4.69, 9.17) is 11.2 Å². The highest BCUT2D eigenvalue weighted by molar-refractivity contribution is 6.03. The van der Waals surface area contributed by atoms with E-state index in [-0.39, 0.29) is 34.1 Å². The summed E-state index contributed by atoms with van der Waals surface area (Å²) in [6.07, 6.45) is 9.48. The highest BCUT2D eigenvalue weighted by Gasteiger charge is 2.40. The molecule has 182 valence electrons. The molecule has 2 aliphatic rings. The fourth-order valence-electron chi connectivity index (χ4n) is 6.07. The molecule has 1 saturated carbocycles. The number of terminal acetylenes is 1. The van der Waals surface area contributed by atoms with E-state index in [0.29, 0.717) is 33.8 Å². The quantitative estimate of drug-likeness (QED) is 0.396. The first-order valence-corrected chi connectivity index (χ1v) is 11.9. The molecule has 36 heavy (non-hydrogen) atoms. The van der Waals surface area contributed by atoms with Crippen LogP contribution in [0.5, 0.6) is 11.8 Å². The number of nitrogens with zero attached hydrogens (tertiary/aromatic N) is 4. The second kappa shape index (κ2) is 8.30. The molecule has 2 aromatic heterocycles. The van der Waals surface area contributed by atoms with Crippen molar-refractivity contribution in [2.45, 2.75) is 19.8 Å². The average Bonchev–Trinajstić information content (AvgIpc) is 3.41. The molecule has 8 heteroatoms. The molecule has 6 rings (SSSR count). The van der Waals surface area contributed by atoms with Crippen molar-refractivity contribution >= 4 is 27.5 Å². The van der Waals surface area contributed by atoms with E-state index in [2.05, 4.69) is 32.7 Å². The van der Waals surface area contributed by atoms with Gasteiger partial charge in [0.05, 0.1) is 18.1 Å². The molecule has 4 aromatic rings. The van der Waals surface area contributed by atoms with Crippen LogP contribution in [0.1, 0.15) is 25.3 Å². The number of hydrogen-bond acceptors (Lipinski definition) is 6. The van der Waals surface area contributed by atoms with Gasteiger partial charge in [0.25, 0.3) is 0 Å². The minimum Gasteiger partial charge on any atom is -0.508 e. The van der Waals surface area contributed by atoms with Crippen LogP contribution in [-0.4, -0.2) is 40.3 Å². The Labute approximate surface area is 207 Å². The molecule has 1 aliphatic carbocycles. The average molecular weight is 487 g/mol. The lowest BCUT2D eigenvalue weighted by molar-refractivity contribution is 0.381. The fraction of sp³-hybridized carbons (Fsp3) is 0.321. The normalized spacial score (nSPS) is 21.2. The second-order valence-electron chi connectivity index (χ2n) is 9.88. The predicted molar refractivity (Wildman–Crippen MR) is 134 cm³/mol. The molecule has 0 spiro atoms. The number of halogens is 2. The van der Waals surface area contributed by atoms with Gasteiger partial charge in [-0.2, -0.15) is 9.97 Å². The van der Waals surface area contributed by atoms with Gasteiger partial charge in [-0.15, -0.1) is 6.42 Å². The molecule has 0 amide bonds. The summed E-state index contributed by atoms with van der Waals surface area (Å²) >= 11 is 0. The molecule has 0 radical (unpaired) electrons. The first-order valence-electron chi connectivity index (χ1n) is 11.9. The van der Waals surface area contributed by atoms with E-state index < -0.39 is 11.6 Å². The number of phenolic OH excluding ortho intramolecular Hbond substituents is 1. The van der Waals surface area contributed by atoms with Gasteiger partial charge < -0.3 is 14.7 Å². The van der Waals surface area contributed by atoms with E-state index in [1.165, 1.54) is 50.4 Å². The number of pyridine rings is 1. The Morgan fingerprint density at radius 2 is 1.89 bits per heavy atom. The van der Waals surface area contributed by atoms with E-state index in [9.17, 15) is 9.50 Å². The molecule has 0 bridgehead atoms. The second-order valence-corrected chi connectivity index (χ2v) is 9.88. The third-order valence-electron chi connectivity index (χ3n) is 7.56. The number of anilines is 1. The van der Waals surface area contributed by atoms with Crippen molar-refractivity contribution in [2.75, 3.05) is 25.1 Å². The Balaban J connectivity index is 1.55. The topological polar surface area (TPSA) is 71.4 Å². The van der Waals surface area contributed by atoms with Crippen molar-refractivity contribution in [3.05, 3.63) is 47.7 Å². The lowest BCUT2D eigenvalue weighted by Gasteiger charge is -2.21. The Morgan fingerprint density at radius 1 is 1.14 bits per heavy atom. The number of rotatable bonds is 3. The monoisotopic (exact) mass is 486 g/mol. The summed E-state index contributed by atoms with van der Waals surface area (Å²) in [5.74, 6) is 3.38. The van der Waals surface area contributed by atoms with Gasteiger partial charge in [-0.3, -0.25) is 4.98 Å². The van der Waals surface area contributed by atoms with Crippen molar-refractivity contribution < 1.29 is 18.6 Å². The highest BCUT2D eigenvalue weighted by Crippen LogP contribution is 2.44. The third-order valence-corrected chi connectivity index (χ3v) is 7.56. The smallest absolute Gasteiger partial charge is 0.318 e. The van der Waals surface area contributed by atoms with E-state index >= 15 is 4.39 Å². The van der Waals surface area contributed by atoms with Crippen LogP contribution in [0.25, 0.3) is 32.9 Å². The Kier molecular flexibility index (Phi) is 5.18. The van der Waals surface area contributed by atoms with Gasteiger partial charge in [0.15, 0.2) is 5.82 Å². The number of aromatic hydroxyl groups is 1. The number of methoxy groups -OCH3 is 1. The number of fused-ring (bicyclic) bond motifs is 3. The Hall–Kier alpha value is -3.99.